The Bertz CT molecular complexity index is 11.6. The molecule has 0 aliphatic rings. The number of hydrogen-bond donors (Lipinski definition) is 0. The van der Waals surface area contributed by atoms with Crippen LogP contribution >= 0.6 is 0 Å². The molecule has 0 aromatic carbocycles. The minimum atomic E-state index is 0. The van der Waals surface area contributed by atoms with Crippen molar-refractivity contribution in [2.45, 2.75) is 0 Å². The molecule has 0 N–H and O–H groups in total. The average molecular weight is 210 g/mol. The van der Waals surface area contributed by atoms with Crippen molar-refractivity contribution in [2.75, 3.05) is 0 Å². The fourth-order valence-corrected chi connectivity index (χ4v) is 0. The Morgan fingerprint density at radius 3 is 0.300 bits per heavy atom. The largest absolute Gasteiger partial charge is 3.00 e. The van der Waals surface area contributed by atoms with Crippen LogP contribution in [0.3, 0.4) is 0 Å². The van der Waals surface area contributed by atoms with E-state index in [9.17, 15) is 0 Å². The predicted octanol–water partition coefficient (Wildman–Crippen LogP) is -24.7. The van der Waals surface area contributed by atoms with Gasteiger partial charge in [-0.05, 0) is 0 Å². The van der Waals surface area contributed by atoms with Crippen LogP contribution in [0, 0.1) is 0 Å². The molecule has 0 aromatic rings. The predicted molar refractivity (Wildman–Crippen MR) is 11.5 cm³/mol. The molecule has 0 aliphatic heterocycles. The zero-order valence-electron chi connectivity index (χ0n) is 4.80. The Hall–Kier alpha value is 1.57. The van der Waals surface area contributed by atoms with Crippen LogP contribution in [0.1, 0.15) is 0 Å². The van der Waals surface area contributed by atoms with Crippen LogP contribution in [-0.2, 0) is 0 Å². The van der Waals surface area contributed by atoms with Crippen molar-refractivity contribution < 1.29 is 62.5 Å². The van der Waals surface area contributed by atoms with Crippen molar-refractivity contribution in [3.8, 4) is 0 Å². The van der Waals surface area contributed by atoms with Crippen molar-refractivity contribution in [1.29, 1.82) is 0 Å². The number of halogens is 7. The topological polar surface area (TPSA) is 0 Å². The van der Waals surface area contributed by atoms with Gasteiger partial charge in [-0.1, -0.05) is 0 Å². The molecule has 10 heteroatoms. The molecule has 0 saturated heterocycles. The second kappa shape index (κ2) is 391. The van der Waals surface area contributed by atoms with Crippen LogP contribution in [0.25, 0.3) is 0 Å². The summed E-state index contributed by atoms with van der Waals surface area (Å²) in [6.45, 7) is 0. The summed E-state index contributed by atoms with van der Waals surface area (Å²) in [6.07, 6.45) is 0. The Labute approximate surface area is 96.6 Å². The molecule has 0 atom stereocenters. The first-order valence-electron chi connectivity index (χ1n) is 0. The smallest absolute Gasteiger partial charge is 1.00 e. The van der Waals surface area contributed by atoms with Gasteiger partial charge in [-0.2, -0.15) is 0 Å². The van der Waals surface area contributed by atoms with E-state index >= 15 is 0 Å². The summed E-state index contributed by atoms with van der Waals surface area (Å²) >= 11 is 0. The second-order valence-corrected chi connectivity index (χ2v) is 0. The third-order valence-electron chi connectivity index (χ3n) is 0. The Morgan fingerprint density at radius 2 is 0.300 bits per heavy atom. The van der Waals surface area contributed by atoms with Gasteiger partial charge in [0.25, 0.3) is 0 Å². The Kier molecular flexibility index (Phi) is 20400. The second-order valence-electron chi connectivity index (χ2n) is 0. The minimum Gasteiger partial charge on any atom is -1.00 e. The normalized spacial score (nSPS) is 0. The minimum absolute atomic E-state index is 0. The molecular weight excluding hydrogens is 210 g/mol. The first-order valence-corrected chi connectivity index (χ1v) is 0. The molecular formula is Al2F7Na. The van der Waals surface area contributed by atoms with Crippen molar-refractivity contribution >= 4 is 34.7 Å². The maximum Gasteiger partial charge on any atom is 3.00 e. The molecule has 0 bridgehead atoms. The van der Waals surface area contributed by atoms with E-state index in [0.29, 0.717) is 0 Å². The van der Waals surface area contributed by atoms with E-state index in [1.807, 2.05) is 0 Å². The molecule has 0 heterocycles. The van der Waals surface area contributed by atoms with E-state index in [1.54, 1.807) is 0 Å². The van der Waals surface area contributed by atoms with Crippen molar-refractivity contribution in [1.82, 2.24) is 0 Å². The standard InChI is InChI=1S/2Al.7FH.Na/h;;7*1H;/q2*+3;;;;;;;;+1/p-7. The molecule has 0 aromatic heterocycles. The maximum absolute atomic E-state index is 0. The summed E-state index contributed by atoms with van der Waals surface area (Å²) in [4.78, 5) is 0. The van der Waals surface area contributed by atoms with Crippen molar-refractivity contribution in [2.24, 2.45) is 0 Å². The van der Waals surface area contributed by atoms with Crippen LogP contribution in [0.4, 0.5) is 0 Å². The first kappa shape index (κ1) is 522. The van der Waals surface area contributed by atoms with Gasteiger partial charge >= 0.3 is 64.3 Å². The Balaban J connectivity index is 0. The molecule has 0 rings (SSSR count). The molecule has 10 heavy (non-hydrogen) atoms. The summed E-state index contributed by atoms with van der Waals surface area (Å²) < 4.78 is 0. The van der Waals surface area contributed by atoms with Gasteiger partial charge in [-0.3, -0.25) is 0 Å². The van der Waals surface area contributed by atoms with Crippen molar-refractivity contribution in [3.63, 3.8) is 0 Å². The Morgan fingerprint density at radius 1 is 0.300 bits per heavy atom. The van der Waals surface area contributed by atoms with Gasteiger partial charge in [0.1, 0.15) is 0 Å². The van der Waals surface area contributed by atoms with E-state index in [2.05, 4.69) is 0 Å². The van der Waals surface area contributed by atoms with Gasteiger partial charge in [0, 0.05) is 0 Å². The summed E-state index contributed by atoms with van der Waals surface area (Å²) in [5.41, 5.74) is 0. The molecule has 0 saturated carbocycles. The van der Waals surface area contributed by atoms with E-state index < -0.39 is 0 Å². The van der Waals surface area contributed by atoms with Gasteiger partial charge < -0.3 is 32.9 Å². The number of rotatable bonds is 0. The van der Waals surface area contributed by atoms with Gasteiger partial charge in [-0.15, -0.1) is 0 Å². The molecule has 0 fully saturated rings. The van der Waals surface area contributed by atoms with Crippen LogP contribution in [-0.4, -0.2) is 34.7 Å². The summed E-state index contributed by atoms with van der Waals surface area (Å²) in [7, 11) is 0. The van der Waals surface area contributed by atoms with Crippen LogP contribution < -0.4 is 62.5 Å². The molecule has 0 unspecified atom stereocenters. The summed E-state index contributed by atoms with van der Waals surface area (Å²) in [6, 6.07) is 0. The first-order chi connectivity index (χ1) is 0. The van der Waals surface area contributed by atoms with Crippen LogP contribution in [0.2, 0.25) is 0 Å². The maximum atomic E-state index is 0. The van der Waals surface area contributed by atoms with E-state index in [-0.39, 0.29) is 97.2 Å². The zero-order chi connectivity index (χ0) is 0. The average Bonchev–Trinajstić information content (AvgIpc) is 0. The zero-order valence-corrected chi connectivity index (χ0v) is 9.11. The molecule has 0 nitrogen and oxygen atoms in total. The fraction of sp³-hybridized carbons (Fsp3) is 0. The molecule has 0 aliphatic carbocycles. The summed E-state index contributed by atoms with van der Waals surface area (Å²) in [5.74, 6) is 0. The quantitative estimate of drug-likeness (QED) is 0.275. The van der Waals surface area contributed by atoms with Crippen LogP contribution in [0.15, 0.2) is 0 Å². The van der Waals surface area contributed by atoms with Gasteiger partial charge in [0.15, 0.2) is 0 Å². The number of hydrogen-bond acceptors (Lipinski definition) is 0. The SMILES string of the molecule is [Al+3].[Al+3].[F-].[F-].[F-].[F-].[F-].[F-].[F-].[Na+]. The molecule has 0 radical (unpaired) electrons. The van der Waals surface area contributed by atoms with E-state index in [0.717, 1.165) is 0 Å². The van der Waals surface area contributed by atoms with E-state index in [1.165, 1.54) is 0 Å². The molecule has 0 amide bonds. The van der Waals surface area contributed by atoms with E-state index in [4.69, 9.17) is 0 Å². The molecule has 56 valence electrons. The molecule has 0 spiro atoms. The monoisotopic (exact) mass is 210 g/mol. The summed E-state index contributed by atoms with van der Waals surface area (Å²) in [5, 5.41) is 0. The fourth-order valence-electron chi connectivity index (χ4n) is 0. The third-order valence-corrected chi connectivity index (χ3v) is 0. The van der Waals surface area contributed by atoms with Gasteiger partial charge in [0.05, 0.1) is 0 Å². The van der Waals surface area contributed by atoms with Crippen molar-refractivity contribution in [3.05, 3.63) is 0 Å². The van der Waals surface area contributed by atoms with Crippen LogP contribution in [0.5, 0.6) is 0 Å². The third kappa shape index (κ3) is 284. The van der Waals surface area contributed by atoms with Gasteiger partial charge in [0.2, 0.25) is 0 Å². The van der Waals surface area contributed by atoms with Gasteiger partial charge in [-0.25, -0.2) is 0 Å².